The zero-order valence-electron chi connectivity index (χ0n) is 6.08. The second-order valence-corrected chi connectivity index (χ2v) is 2.32. The maximum atomic E-state index is 11.0. The SMILES string of the molecule is O=Cc1ccccc1C(=O)NCl. The first kappa shape index (κ1) is 8.74. The molecule has 0 aliphatic heterocycles. The first-order chi connectivity index (χ1) is 5.79. The second kappa shape index (κ2) is 3.88. The molecule has 0 aliphatic rings. The van der Waals surface area contributed by atoms with Gasteiger partial charge < -0.3 is 0 Å². The lowest BCUT2D eigenvalue weighted by atomic mass is 10.1. The molecular weight excluding hydrogens is 178 g/mol. The molecule has 0 heterocycles. The minimum atomic E-state index is -0.473. The molecule has 3 nitrogen and oxygen atoms in total. The summed E-state index contributed by atoms with van der Waals surface area (Å²) < 4.78 is 0. The van der Waals surface area contributed by atoms with Gasteiger partial charge in [0.25, 0.3) is 5.91 Å². The standard InChI is InChI=1S/C8H6ClNO2/c9-10-8(12)7-4-2-1-3-6(7)5-11/h1-5H,(H,10,12). The Hall–Kier alpha value is -1.35. The summed E-state index contributed by atoms with van der Waals surface area (Å²) in [7, 11) is 0. The predicted molar refractivity (Wildman–Crippen MR) is 45.1 cm³/mol. The van der Waals surface area contributed by atoms with Crippen molar-refractivity contribution in [1.29, 1.82) is 0 Å². The van der Waals surface area contributed by atoms with Crippen LogP contribution < -0.4 is 4.84 Å². The summed E-state index contributed by atoms with van der Waals surface area (Å²) in [5.41, 5.74) is 0.609. The summed E-state index contributed by atoms with van der Waals surface area (Å²) in [6.45, 7) is 0. The maximum Gasteiger partial charge on any atom is 0.266 e. The van der Waals surface area contributed by atoms with Crippen LogP contribution in [0.25, 0.3) is 0 Å². The first-order valence-corrected chi connectivity index (χ1v) is 3.62. The van der Waals surface area contributed by atoms with Gasteiger partial charge in [-0.2, -0.15) is 0 Å². The van der Waals surface area contributed by atoms with Gasteiger partial charge in [0.05, 0.1) is 5.56 Å². The van der Waals surface area contributed by atoms with Crippen molar-refractivity contribution < 1.29 is 9.59 Å². The summed E-state index contributed by atoms with van der Waals surface area (Å²) in [6, 6.07) is 6.42. The van der Waals surface area contributed by atoms with E-state index < -0.39 is 5.91 Å². The van der Waals surface area contributed by atoms with Crippen LogP contribution in [-0.4, -0.2) is 12.2 Å². The van der Waals surface area contributed by atoms with Gasteiger partial charge in [0.1, 0.15) is 0 Å². The molecule has 12 heavy (non-hydrogen) atoms. The molecular formula is C8H6ClNO2. The molecule has 1 N–H and O–H groups in total. The van der Waals surface area contributed by atoms with Crippen LogP contribution in [0.15, 0.2) is 24.3 Å². The van der Waals surface area contributed by atoms with Gasteiger partial charge in [0, 0.05) is 17.3 Å². The molecule has 1 aromatic rings. The van der Waals surface area contributed by atoms with Gasteiger partial charge in [0.2, 0.25) is 0 Å². The monoisotopic (exact) mass is 183 g/mol. The van der Waals surface area contributed by atoms with Crippen molar-refractivity contribution in [3.05, 3.63) is 35.4 Å². The van der Waals surface area contributed by atoms with Crippen LogP contribution in [0, 0.1) is 0 Å². The van der Waals surface area contributed by atoms with Crippen LogP contribution in [0.4, 0.5) is 0 Å². The van der Waals surface area contributed by atoms with E-state index in [2.05, 4.69) is 0 Å². The van der Waals surface area contributed by atoms with Crippen molar-refractivity contribution in [2.75, 3.05) is 0 Å². The Morgan fingerprint density at radius 3 is 2.67 bits per heavy atom. The molecule has 0 unspecified atom stereocenters. The van der Waals surface area contributed by atoms with E-state index in [1.54, 1.807) is 18.2 Å². The number of carbonyl (C=O) groups excluding carboxylic acids is 2. The molecule has 0 saturated carbocycles. The summed E-state index contributed by atoms with van der Waals surface area (Å²) in [4.78, 5) is 23.3. The molecule has 0 atom stereocenters. The second-order valence-electron chi connectivity index (χ2n) is 2.13. The van der Waals surface area contributed by atoms with Crippen LogP contribution in [0.2, 0.25) is 0 Å². The van der Waals surface area contributed by atoms with E-state index in [9.17, 15) is 9.59 Å². The van der Waals surface area contributed by atoms with E-state index in [0.717, 1.165) is 0 Å². The molecule has 1 aromatic carbocycles. The maximum absolute atomic E-state index is 11.0. The zero-order chi connectivity index (χ0) is 8.97. The van der Waals surface area contributed by atoms with Crippen LogP contribution in [0.5, 0.6) is 0 Å². The number of hydrogen-bond donors (Lipinski definition) is 1. The van der Waals surface area contributed by atoms with Crippen LogP contribution in [0.1, 0.15) is 20.7 Å². The average molecular weight is 184 g/mol. The molecule has 1 rings (SSSR count). The third-order valence-electron chi connectivity index (χ3n) is 1.42. The highest BCUT2D eigenvalue weighted by atomic mass is 35.5. The van der Waals surface area contributed by atoms with Crippen molar-refractivity contribution in [3.8, 4) is 0 Å². The number of benzene rings is 1. The number of amides is 1. The number of rotatable bonds is 2. The average Bonchev–Trinajstić information content (AvgIpc) is 2.16. The Morgan fingerprint density at radius 1 is 1.42 bits per heavy atom. The van der Waals surface area contributed by atoms with E-state index in [0.29, 0.717) is 11.8 Å². The Balaban J connectivity index is 3.13. The fourth-order valence-corrected chi connectivity index (χ4v) is 0.959. The molecule has 4 heteroatoms. The quantitative estimate of drug-likeness (QED) is 0.556. The number of aldehydes is 1. The van der Waals surface area contributed by atoms with E-state index >= 15 is 0 Å². The summed E-state index contributed by atoms with van der Waals surface area (Å²) >= 11 is 5.10. The van der Waals surface area contributed by atoms with Crippen LogP contribution in [0.3, 0.4) is 0 Å². The normalized spacial score (nSPS) is 9.08. The van der Waals surface area contributed by atoms with Gasteiger partial charge in [-0.25, -0.2) is 0 Å². The highest BCUT2D eigenvalue weighted by Crippen LogP contribution is 2.05. The van der Waals surface area contributed by atoms with Crippen molar-refractivity contribution in [1.82, 2.24) is 4.84 Å². The largest absolute Gasteiger partial charge is 0.298 e. The Labute approximate surface area is 74.4 Å². The Bertz CT molecular complexity index is 312. The van der Waals surface area contributed by atoms with Crippen LogP contribution >= 0.6 is 11.8 Å². The zero-order valence-corrected chi connectivity index (χ0v) is 6.84. The fraction of sp³-hybridized carbons (Fsp3) is 0. The lowest BCUT2D eigenvalue weighted by molar-refractivity contribution is 0.0975. The highest BCUT2D eigenvalue weighted by Gasteiger charge is 2.07. The van der Waals surface area contributed by atoms with Crippen LogP contribution in [-0.2, 0) is 0 Å². The topological polar surface area (TPSA) is 46.2 Å². The highest BCUT2D eigenvalue weighted by molar-refractivity contribution is 6.24. The lowest BCUT2D eigenvalue weighted by Gasteiger charge is -1.99. The van der Waals surface area contributed by atoms with Gasteiger partial charge in [-0.15, -0.1) is 0 Å². The number of halogens is 1. The third kappa shape index (κ3) is 1.62. The summed E-state index contributed by atoms with van der Waals surface area (Å²) in [6.07, 6.45) is 0.613. The van der Waals surface area contributed by atoms with Gasteiger partial charge >= 0.3 is 0 Å². The van der Waals surface area contributed by atoms with E-state index in [-0.39, 0.29) is 5.56 Å². The molecule has 0 bridgehead atoms. The van der Waals surface area contributed by atoms with Crippen molar-refractivity contribution in [2.24, 2.45) is 0 Å². The molecule has 0 fully saturated rings. The van der Waals surface area contributed by atoms with E-state index in [4.69, 9.17) is 11.8 Å². The van der Waals surface area contributed by atoms with Gasteiger partial charge in [-0.05, 0) is 6.07 Å². The molecule has 0 aromatic heterocycles. The van der Waals surface area contributed by atoms with Crippen molar-refractivity contribution in [2.45, 2.75) is 0 Å². The summed E-state index contributed by atoms with van der Waals surface area (Å²) in [5, 5.41) is 0. The molecule has 0 spiro atoms. The first-order valence-electron chi connectivity index (χ1n) is 3.24. The van der Waals surface area contributed by atoms with E-state index in [1.807, 2.05) is 4.84 Å². The smallest absolute Gasteiger partial charge is 0.266 e. The van der Waals surface area contributed by atoms with Crippen molar-refractivity contribution >= 4 is 24.0 Å². The molecule has 62 valence electrons. The molecule has 1 amide bonds. The van der Waals surface area contributed by atoms with Gasteiger partial charge in [-0.1, -0.05) is 18.2 Å². The minimum Gasteiger partial charge on any atom is -0.298 e. The van der Waals surface area contributed by atoms with Crippen molar-refractivity contribution in [3.63, 3.8) is 0 Å². The van der Waals surface area contributed by atoms with Gasteiger partial charge in [-0.3, -0.25) is 14.4 Å². The lowest BCUT2D eigenvalue weighted by Crippen LogP contribution is -2.14. The Morgan fingerprint density at radius 2 is 2.08 bits per heavy atom. The van der Waals surface area contributed by atoms with E-state index in [1.165, 1.54) is 6.07 Å². The molecule has 0 aliphatic carbocycles. The number of carbonyl (C=O) groups is 2. The number of nitrogens with one attached hydrogen (secondary N) is 1. The predicted octanol–water partition coefficient (Wildman–Crippen LogP) is 1.38. The molecule has 0 radical (unpaired) electrons. The van der Waals surface area contributed by atoms with Gasteiger partial charge in [0.15, 0.2) is 6.29 Å². The third-order valence-corrected chi connectivity index (χ3v) is 1.59. The Kier molecular flexibility index (Phi) is 2.82. The molecule has 0 saturated heterocycles. The minimum absolute atomic E-state index is 0.280. The number of hydrogen-bond acceptors (Lipinski definition) is 2. The summed E-state index contributed by atoms with van der Waals surface area (Å²) in [5.74, 6) is -0.473. The fourth-order valence-electron chi connectivity index (χ4n) is 0.857.